The lowest BCUT2D eigenvalue weighted by Gasteiger charge is -2.36. The molecule has 5 nitrogen and oxygen atoms in total. The minimum absolute atomic E-state index is 0.398. The second-order valence-corrected chi connectivity index (χ2v) is 9.26. The van der Waals surface area contributed by atoms with Crippen LogP contribution in [-0.4, -0.2) is 52.1 Å². The van der Waals surface area contributed by atoms with Crippen molar-refractivity contribution in [1.29, 1.82) is 0 Å². The Morgan fingerprint density at radius 1 is 1.36 bits per heavy atom. The Hall–Kier alpha value is -0.470. The van der Waals surface area contributed by atoms with Crippen LogP contribution < -0.4 is 10.0 Å². The van der Waals surface area contributed by atoms with Gasteiger partial charge < -0.3 is 10.2 Å². The molecule has 1 saturated heterocycles. The van der Waals surface area contributed by atoms with Crippen LogP contribution in [-0.2, 0) is 10.0 Å². The zero-order chi connectivity index (χ0) is 16.2. The molecule has 0 bridgehead atoms. The number of sulfonamides is 1. The van der Waals surface area contributed by atoms with E-state index in [1.54, 1.807) is 6.07 Å². The molecule has 0 aliphatic carbocycles. The van der Waals surface area contributed by atoms with Crippen LogP contribution in [0, 0.1) is 12.8 Å². The zero-order valence-electron chi connectivity index (χ0n) is 13.6. The maximum absolute atomic E-state index is 12.1. The van der Waals surface area contributed by atoms with Gasteiger partial charge >= 0.3 is 0 Å². The lowest BCUT2D eigenvalue weighted by molar-refractivity contribution is 0.154. The number of rotatable bonds is 7. The van der Waals surface area contributed by atoms with Crippen LogP contribution in [0.3, 0.4) is 0 Å². The molecule has 1 fully saturated rings. The molecule has 2 N–H and O–H groups in total. The molecule has 126 valence electrons. The zero-order valence-corrected chi connectivity index (χ0v) is 15.3. The molecule has 0 unspecified atom stereocenters. The molecule has 2 rings (SSSR count). The van der Waals surface area contributed by atoms with E-state index < -0.39 is 10.0 Å². The highest BCUT2D eigenvalue weighted by Gasteiger charge is 2.24. The lowest BCUT2D eigenvalue weighted by Crippen LogP contribution is -2.49. The molecule has 1 aromatic rings. The SMILES string of the molecule is CCN1CC[C@@H](NCCNS(=O)(=O)c2ccc(C)s2)[C@H](C)C1. The van der Waals surface area contributed by atoms with Gasteiger partial charge in [-0.2, -0.15) is 0 Å². The first-order valence-corrected chi connectivity index (χ1v) is 10.2. The molecule has 1 aliphatic rings. The van der Waals surface area contributed by atoms with E-state index >= 15 is 0 Å². The van der Waals surface area contributed by atoms with E-state index in [1.165, 1.54) is 11.3 Å². The highest BCUT2D eigenvalue weighted by atomic mass is 32.2. The largest absolute Gasteiger partial charge is 0.312 e. The van der Waals surface area contributed by atoms with Gasteiger partial charge in [-0.1, -0.05) is 13.8 Å². The predicted octanol–water partition coefficient (Wildman–Crippen LogP) is 1.65. The summed E-state index contributed by atoms with van der Waals surface area (Å²) in [7, 11) is -3.35. The number of nitrogens with one attached hydrogen (secondary N) is 2. The maximum Gasteiger partial charge on any atom is 0.250 e. The Bertz CT molecular complexity index is 571. The minimum Gasteiger partial charge on any atom is -0.312 e. The van der Waals surface area contributed by atoms with Crippen molar-refractivity contribution in [3.63, 3.8) is 0 Å². The number of aryl methyl sites for hydroxylation is 1. The summed E-state index contributed by atoms with van der Waals surface area (Å²) in [6, 6.07) is 3.98. The van der Waals surface area contributed by atoms with Gasteiger partial charge in [0.2, 0.25) is 10.0 Å². The van der Waals surface area contributed by atoms with Gasteiger partial charge in [0.25, 0.3) is 0 Å². The topological polar surface area (TPSA) is 61.4 Å². The Balaban J connectivity index is 1.73. The van der Waals surface area contributed by atoms with Gasteiger partial charge in [-0.3, -0.25) is 0 Å². The fourth-order valence-corrected chi connectivity index (χ4v) is 5.25. The number of hydrogen-bond acceptors (Lipinski definition) is 5. The number of piperidine rings is 1. The van der Waals surface area contributed by atoms with Crippen LogP contribution in [0.25, 0.3) is 0 Å². The molecule has 22 heavy (non-hydrogen) atoms. The van der Waals surface area contributed by atoms with Gasteiger partial charge in [0, 0.05) is 30.6 Å². The fourth-order valence-electron chi connectivity index (χ4n) is 2.89. The van der Waals surface area contributed by atoms with Crippen LogP contribution >= 0.6 is 11.3 Å². The smallest absolute Gasteiger partial charge is 0.250 e. The van der Waals surface area contributed by atoms with E-state index in [2.05, 4.69) is 28.8 Å². The highest BCUT2D eigenvalue weighted by molar-refractivity contribution is 7.91. The van der Waals surface area contributed by atoms with Crippen LogP contribution in [0.2, 0.25) is 0 Å². The maximum atomic E-state index is 12.1. The second-order valence-electron chi connectivity index (χ2n) is 5.98. The second kappa shape index (κ2) is 7.88. The molecule has 0 radical (unpaired) electrons. The fraction of sp³-hybridized carbons (Fsp3) is 0.733. The van der Waals surface area contributed by atoms with Crippen molar-refractivity contribution in [3.8, 4) is 0 Å². The summed E-state index contributed by atoms with van der Waals surface area (Å²) in [6.07, 6.45) is 1.13. The lowest BCUT2D eigenvalue weighted by atomic mass is 9.94. The minimum atomic E-state index is -3.35. The molecule has 0 amide bonds. The van der Waals surface area contributed by atoms with Gasteiger partial charge in [0.1, 0.15) is 4.21 Å². The number of hydrogen-bond donors (Lipinski definition) is 2. The van der Waals surface area contributed by atoms with Crippen LogP contribution in [0.5, 0.6) is 0 Å². The van der Waals surface area contributed by atoms with Crippen LogP contribution in [0.4, 0.5) is 0 Å². The molecule has 2 heterocycles. The number of nitrogens with zero attached hydrogens (tertiary/aromatic N) is 1. The van der Waals surface area contributed by atoms with Crippen LogP contribution in [0.1, 0.15) is 25.1 Å². The van der Waals surface area contributed by atoms with Crippen molar-refractivity contribution in [3.05, 3.63) is 17.0 Å². The van der Waals surface area contributed by atoms with Crippen molar-refractivity contribution in [2.24, 2.45) is 5.92 Å². The Kier molecular flexibility index (Phi) is 6.40. The van der Waals surface area contributed by atoms with Crippen LogP contribution in [0.15, 0.2) is 16.3 Å². The Labute approximate surface area is 138 Å². The molecule has 7 heteroatoms. The third-order valence-electron chi connectivity index (χ3n) is 4.24. The Morgan fingerprint density at radius 3 is 2.73 bits per heavy atom. The van der Waals surface area contributed by atoms with Gasteiger partial charge in [-0.05, 0) is 44.5 Å². The van der Waals surface area contributed by atoms with E-state index in [-0.39, 0.29) is 0 Å². The first-order chi connectivity index (χ1) is 10.4. The standard InChI is InChI=1S/C15H27N3O2S2/c1-4-18-10-7-14(12(2)11-18)16-8-9-17-22(19,20)15-6-5-13(3)21-15/h5-6,12,14,16-17H,4,7-11H2,1-3H3/t12-,14-/m1/s1. The van der Waals surface area contributed by atoms with E-state index in [0.717, 1.165) is 30.9 Å². The average Bonchev–Trinajstić information content (AvgIpc) is 2.92. The van der Waals surface area contributed by atoms with E-state index in [4.69, 9.17) is 0 Å². The first kappa shape index (κ1) is 17.9. The molecule has 0 spiro atoms. The van der Waals surface area contributed by atoms with Crippen molar-refractivity contribution in [1.82, 2.24) is 14.9 Å². The number of thiophene rings is 1. The predicted molar refractivity (Wildman–Crippen MR) is 91.9 cm³/mol. The van der Waals surface area contributed by atoms with Gasteiger partial charge in [0.05, 0.1) is 0 Å². The monoisotopic (exact) mass is 345 g/mol. The van der Waals surface area contributed by atoms with Crippen molar-refractivity contribution in [2.75, 3.05) is 32.7 Å². The summed E-state index contributed by atoms with van der Waals surface area (Å²) in [6.45, 7) is 10.8. The highest BCUT2D eigenvalue weighted by Crippen LogP contribution is 2.20. The molecule has 2 atom stereocenters. The summed E-state index contributed by atoms with van der Waals surface area (Å²) in [5.74, 6) is 0.602. The number of likely N-dealkylation sites (tertiary alicyclic amines) is 1. The third-order valence-corrected chi connectivity index (χ3v) is 7.19. The van der Waals surface area contributed by atoms with E-state index in [1.807, 2.05) is 13.0 Å². The normalized spacial score (nSPS) is 23.8. The summed E-state index contributed by atoms with van der Waals surface area (Å²) < 4.78 is 27.3. The van der Waals surface area contributed by atoms with Crippen molar-refractivity contribution in [2.45, 2.75) is 37.4 Å². The van der Waals surface area contributed by atoms with Gasteiger partial charge in [-0.15, -0.1) is 11.3 Å². The summed E-state index contributed by atoms with van der Waals surface area (Å²) >= 11 is 1.31. The van der Waals surface area contributed by atoms with Gasteiger partial charge in [0.15, 0.2) is 0 Å². The van der Waals surface area contributed by atoms with E-state index in [9.17, 15) is 8.42 Å². The summed E-state index contributed by atoms with van der Waals surface area (Å²) in [5.41, 5.74) is 0. The molecular formula is C15H27N3O2S2. The van der Waals surface area contributed by atoms with Crippen molar-refractivity contribution >= 4 is 21.4 Å². The molecular weight excluding hydrogens is 318 g/mol. The van der Waals surface area contributed by atoms with E-state index in [0.29, 0.717) is 29.3 Å². The Morgan fingerprint density at radius 2 is 2.14 bits per heavy atom. The molecule has 1 aromatic heterocycles. The molecule has 0 saturated carbocycles. The average molecular weight is 346 g/mol. The molecule has 0 aromatic carbocycles. The quantitative estimate of drug-likeness (QED) is 0.738. The third kappa shape index (κ3) is 4.76. The molecule has 1 aliphatic heterocycles. The summed E-state index contributed by atoms with van der Waals surface area (Å²) in [5, 5.41) is 3.50. The van der Waals surface area contributed by atoms with Crippen molar-refractivity contribution < 1.29 is 8.42 Å². The summed E-state index contributed by atoms with van der Waals surface area (Å²) in [4.78, 5) is 3.47. The van der Waals surface area contributed by atoms with Gasteiger partial charge in [-0.25, -0.2) is 13.1 Å². The first-order valence-electron chi connectivity index (χ1n) is 7.94.